The van der Waals surface area contributed by atoms with E-state index in [0.717, 1.165) is 17.5 Å². The molecule has 0 spiro atoms. The minimum atomic E-state index is -0.553. The third kappa shape index (κ3) is 7.54. The number of aliphatic imine (C=N–C) groups is 1. The lowest BCUT2D eigenvalue weighted by Crippen LogP contribution is -2.47. The summed E-state index contributed by atoms with van der Waals surface area (Å²) in [5, 5.41) is 2.94. The highest BCUT2D eigenvalue weighted by molar-refractivity contribution is 8.15. The Kier molecular flexibility index (Phi) is 9.85. The Labute approximate surface area is 233 Å². The molecular formula is C30H33N3O5S. The van der Waals surface area contributed by atoms with E-state index in [4.69, 9.17) is 19.2 Å². The number of methoxy groups -OCH3 is 3. The van der Waals surface area contributed by atoms with Gasteiger partial charge in [-0.05, 0) is 60.4 Å². The van der Waals surface area contributed by atoms with Crippen LogP contribution in [0.25, 0.3) is 0 Å². The van der Waals surface area contributed by atoms with Crippen LogP contribution in [-0.4, -0.2) is 61.6 Å². The smallest absolute Gasteiger partial charge is 0.234 e. The molecule has 1 atom stereocenters. The van der Waals surface area contributed by atoms with Gasteiger partial charge in [-0.15, -0.1) is 0 Å². The molecule has 0 aromatic heterocycles. The molecule has 2 amide bonds. The molecule has 39 heavy (non-hydrogen) atoms. The average molecular weight is 548 g/mol. The summed E-state index contributed by atoms with van der Waals surface area (Å²) in [4.78, 5) is 32.8. The predicted octanol–water partition coefficient (Wildman–Crippen LogP) is 4.64. The maximum Gasteiger partial charge on any atom is 0.234 e. The van der Waals surface area contributed by atoms with Gasteiger partial charge in [-0.2, -0.15) is 0 Å². The molecule has 4 rings (SSSR count). The Morgan fingerprint density at radius 1 is 0.923 bits per heavy atom. The first-order valence-corrected chi connectivity index (χ1v) is 13.6. The SMILES string of the molecule is COc1ccc(N=C2SC(C(=O)NCCc3ccccc3)CC(=O)N2CCc2ccc(OC)c(OC)c2)cc1. The van der Waals surface area contributed by atoms with E-state index in [1.165, 1.54) is 11.8 Å². The van der Waals surface area contributed by atoms with Crippen LogP contribution in [0.4, 0.5) is 5.69 Å². The van der Waals surface area contributed by atoms with Crippen LogP contribution >= 0.6 is 11.8 Å². The van der Waals surface area contributed by atoms with Gasteiger partial charge in [-0.1, -0.05) is 48.2 Å². The second-order valence-electron chi connectivity index (χ2n) is 8.91. The fourth-order valence-corrected chi connectivity index (χ4v) is 5.34. The Hall–Kier alpha value is -3.98. The summed E-state index contributed by atoms with van der Waals surface area (Å²) < 4.78 is 16.0. The zero-order chi connectivity index (χ0) is 27.6. The number of carbonyl (C=O) groups excluding carboxylic acids is 2. The van der Waals surface area contributed by atoms with Crippen molar-refractivity contribution in [1.29, 1.82) is 0 Å². The van der Waals surface area contributed by atoms with E-state index in [9.17, 15) is 9.59 Å². The van der Waals surface area contributed by atoms with Crippen LogP contribution in [0.2, 0.25) is 0 Å². The van der Waals surface area contributed by atoms with Crippen molar-refractivity contribution in [3.8, 4) is 17.2 Å². The van der Waals surface area contributed by atoms with Crippen molar-refractivity contribution in [3.63, 3.8) is 0 Å². The van der Waals surface area contributed by atoms with E-state index < -0.39 is 5.25 Å². The lowest BCUT2D eigenvalue weighted by atomic mass is 10.1. The van der Waals surface area contributed by atoms with E-state index in [-0.39, 0.29) is 18.2 Å². The van der Waals surface area contributed by atoms with E-state index in [1.54, 1.807) is 26.2 Å². The fourth-order valence-electron chi connectivity index (χ4n) is 4.19. The van der Waals surface area contributed by atoms with Crippen molar-refractivity contribution in [3.05, 3.63) is 83.9 Å². The highest BCUT2D eigenvalue weighted by atomic mass is 32.2. The van der Waals surface area contributed by atoms with Crippen molar-refractivity contribution >= 4 is 34.4 Å². The minimum Gasteiger partial charge on any atom is -0.497 e. The van der Waals surface area contributed by atoms with E-state index in [1.807, 2.05) is 72.8 Å². The lowest BCUT2D eigenvalue weighted by molar-refractivity contribution is -0.130. The van der Waals surface area contributed by atoms with Gasteiger partial charge in [0.2, 0.25) is 11.8 Å². The van der Waals surface area contributed by atoms with Crippen molar-refractivity contribution in [2.24, 2.45) is 4.99 Å². The van der Waals surface area contributed by atoms with Crippen LogP contribution < -0.4 is 19.5 Å². The molecule has 1 heterocycles. The summed E-state index contributed by atoms with van der Waals surface area (Å²) in [7, 11) is 4.79. The molecule has 3 aromatic rings. The summed E-state index contributed by atoms with van der Waals surface area (Å²) in [5.74, 6) is 1.70. The van der Waals surface area contributed by atoms with Crippen molar-refractivity contribution in [2.45, 2.75) is 24.5 Å². The number of hydrogen-bond acceptors (Lipinski definition) is 7. The van der Waals surface area contributed by atoms with Crippen LogP contribution in [0, 0.1) is 0 Å². The largest absolute Gasteiger partial charge is 0.497 e. The Balaban J connectivity index is 1.49. The van der Waals surface area contributed by atoms with Gasteiger partial charge in [0.05, 0.1) is 32.3 Å². The number of benzene rings is 3. The van der Waals surface area contributed by atoms with Gasteiger partial charge < -0.3 is 19.5 Å². The second kappa shape index (κ2) is 13.7. The van der Waals surface area contributed by atoms with Crippen LogP contribution in [-0.2, 0) is 22.4 Å². The van der Waals surface area contributed by atoms with Crippen molar-refractivity contribution in [2.75, 3.05) is 34.4 Å². The number of carbonyl (C=O) groups is 2. The molecule has 0 bridgehead atoms. The molecule has 1 unspecified atom stereocenters. The highest BCUT2D eigenvalue weighted by Gasteiger charge is 2.35. The summed E-state index contributed by atoms with van der Waals surface area (Å²) >= 11 is 1.32. The monoisotopic (exact) mass is 547 g/mol. The zero-order valence-corrected chi connectivity index (χ0v) is 23.2. The normalized spacial score (nSPS) is 16.2. The first kappa shape index (κ1) is 28.0. The number of thioether (sulfide) groups is 1. The molecule has 204 valence electrons. The number of hydrogen-bond donors (Lipinski definition) is 1. The van der Waals surface area contributed by atoms with Crippen LogP contribution in [0.15, 0.2) is 77.8 Å². The predicted molar refractivity (Wildman–Crippen MR) is 154 cm³/mol. The standard InChI is InChI=1S/C30H33N3O5S/c1-36-24-12-10-23(11-13-24)32-30-33(18-16-22-9-14-25(37-2)26(19-22)38-3)28(34)20-27(39-30)29(35)31-17-15-21-7-5-4-6-8-21/h4-14,19,27H,15-18,20H2,1-3H3,(H,31,35). The van der Waals surface area contributed by atoms with Gasteiger partial charge >= 0.3 is 0 Å². The number of rotatable bonds is 11. The van der Waals surface area contributed by atoms with E-state index >= 15 is 0 Å². The van der Waals surface area contributed by atoms with Crippen LogP contribution in [0.3, 0.4) is 0 Å². The highest BCUT2D eigenvalue weighted by Crippen LogP contribution is 2.31. The molecule has 1 saturated heterocycles. The average Bonchev–Trinajstić information content (AvgIpc) is 2.97. The van der Waals surface area contributed by atoms with Gasteiger partial charge in [-0.3, -0.25) is 14.5 Å². The first-order valence-electron chi connectivity index (χ1n) is 12.7. The van der Waals surface area contributed by atoms with Crippen LogP contribution in [0.5, 0.6) is 17.2 Å². The number of nitrogens with one attached hydrogen (secondary N) is 1. The maximum atomic E-state index is 13.3. The maximum absolute atomic E-state index is 13.3. The lowest BCUT2D eigenvalue weighted by Gasteiger charge is -2.32. The minimum absolute atomic E-state index is 0.107. The number of amides is 2. The number of amidine groups is 1. The van der Waals surface area contributed by atoms with E-state index in [2.05, 4.69) is 5.32 Å². The summed E-state index contributed by atoms with van der Waals surface area (Å²) in [5.41, 5.74) is 2.82. The molecule has 1 aliphatic heterocycles. The Morgan fingerprint density at radius 2 is 1.67 bits per heavy atom. The fraction of sp³-hybridized carbons (Fsp3) is 0.300. The molecule has 1 aliphatic rings. The van der Waals surface area contributed by atoms with Gasteiger partial charge in [0.25, 0.3) is 0 Å². The van der Waals surface area contributed by atoms with E-state index in [0.29, 0.717) is 47.6 Å². The third-order valence-electron chi connectivity index (χ3n) is 6.36. The molecular weight excluding hydrogens is 514 g/mol. The van der Waals surface area contributed by atoms with Crippen molar-refractivity contribution in [1.82, 2.24) is 10.2 Å². The molecule has 8 nitrogen and oxygen atoms in total. The number of nitrogens with zero attached hydrogens (tertiary/aromatic N) is 2. The molecule has 9 heteroatoms. The molecule has 1 fully saturated rings. The first-order chi connectivity index (χ1) is 19.0. The number of ether oxygens (including phenoxy) is 3. The Morgan fingerprint density at radius 3 is 2.36 bits per heavy atom. The third-order valence-corrected chi connectivity index (χ3v) is 7.54. The molecule has 0 saturated carbocycles. The second-order valence-corrected chi connectivity index (χ2v) is 10.1. The summed E-state index contributed by atoms with van der Waals surface area (Å²) in [6.45, 7) is 0.917. The van der Waals surface area contributed by atoms with Gasteiger partial charge in [0.15, 0.2) is 16.7 Å². The Bertz CT molecular complexity index is 1300. The summed E-state index contributed by atoms with van der Waals surface area (Å²) in [6, 6.07) is 23.0. The van der Waals surface area contributed by atoms with Crippen molar-refractivity contribution < 1.29 is 23.8 Å². The van der Waals surface area contributed by atoms with Gasteiger partial charge in [-0.25, -0.2) is 4.99 Å². The molecule has 3 aromatic carbocycles. The zero-order valence-electron chi connectivity index (χ0n) is 22.4. The molecule has 0 radical (unpaired) electrons. The quantitative estimate of drug-likeness (QED) is 0.376. The van der Waals surface area contributed by atoms with Gasteiger partial charge in [0.1, 0.15) is 5.75 Å². The summed E-state index contributed by atoms with van der Waals surface area (Å²) in [6.07, 6.45) is 1.42. The van der Waals surface area contributed by atoms with Crippen LogP contribution in [0.1, 0.15) is 17.5 Å². The van der Waals surface area contributed by atoms with Gasteiger partial charge in [0, 0.05) is 19.5 Å². The molecule has 0 aliphatic carbocycles. The molecule has 1 N–H and O–H groups in total. The topological polar surface area (TPSA) is 89.5 Å².